The Balaban J connectivity index is 1.88. The van der Waals surface area contributed by atoms with Gasteiger partial charge in [-0.15, -0.1) is 0 Å². The molecule has 2 aromatic rings. The van der Waals surface area contributed by atoms with Crippen LogP contribution in [0, 0.1) is 19.8 Å². The highest BCUT2D eigenvalue weighted by atomic mass is 35.5. The molecule has 5 nitrogen and oxygen atoms in total. The minimum absolute atomic E-state index is 0.0176. The van der Waals surface area contributed by atoms with Gasteiger partial charge in [0.25, 0.3) is 5.91 Å². The summed E-state index contributed by atoms with van der Waals surface area (Å²) in [4.78, 5) is 12.6. The lowest BCUT2D eigenvalue weighted by Gasteiger charge is -2.30. The van der Waals surface area contributed by atoms with Gasteiger partial charge in [-0.25, -0.2) is 8.42 Å². The average Bonchev–Trinajstić information content (AvgIpc) is 2.65. The van der Waals surface area contributed by atoms with E-state index in [1.165, 1.54) is 22.5 Å². The van der Waals surface area contributed by atoms with Crippen molar-refractivity contribution in [2.24, 2.45) is 5.92 Å². The van der Waals surface area contributed by atoms with E-state index in [9.17, 15) is 13.2 Å². The summed E-state index contributed by atoms with van der Waals surface area (Å²) in [6.45, 7) is 6.95. The number of rotatable bonds is 4. The number of carbonyl (C=O) groups excluding carboxylic acids is 1. The fourth-order valence-electron chi connectivity index (χ4n) is 3.37. The van der Waals surface area contributed by atoms with Crippen LogP contribution in [0.2, 0.25) is 5.02 Å². The van der Waals surface area contributed by atoms with Gasteiger partial charge in [0.05, 0.1) is 5.02 Å². The third kappa shape index (κ3) is 4.40. The van der Waals surface area contributed by atoms with Gasteiger partial charge in [-0.3, -0.25) is 4.79 Å². The maximum absolute atomic E-state index is 13.1. The zero-order chi connectivity index (χ0) is 20.5. The second-order valence-electron chi connectivity index (χ2n) is 7.51. The van der Waals surface area contributed by atoms with Gasteiger partial charge in [0, 0.05) is 24.3 Å². The fourth-order valence-corrected chi connectivity index (χ4v) is 5.47. The average molecular weight is 421 g/mol. The van der Waals surface area contributed by atoms with Crippen molar-refractivity contribution in [3.05, 3.63) is 58.1 Å². The van der Waals surface area contributed by atoms with Crippen molar-refractivity contribution in [2.75, 3.05) is 18.4 Å². The summed E-state index contributed by atoms with van der Waals surface area (Å²) in [6, 6.07) is 10.0. The van der Waals surface area contributed by atoms with Crippen molar-refractivity contribution in [3.8, 4) is 0 Å². The number of anilines is 1. The van der Waals surface area contributed by atoms with Crippen molar-refractivity contribution in [1.29, 1.82) is 0 Å². The quantitative estimate of drug-likeness (QED) is 0.784. The molecule has 0 aliphatic carbocycles. The van der Waals surface area contributed by atoms with E-state index in [1.54, 1.807) is 0 Å². The third-order valence-electron chi connectivity index (χ3n) is 5.20. The van der Waals surface area contributed by atoms with E-state index in [2.05, 4.69) is 5.32 Å². The molecule has 2 aromatic carbocycles. The summed E-state index contributed by atoms with van der Waals surface area (Å²) in [6.07, 6.45) is 1.84. The lowest BCUT2D eigenvalue weighted by molar-refractivity contribution is 0.102. The van der Waals surface area contributed by atoms with Gasteiger partial charge in [0.15, 0.2) is 0 Å². The summed E-state index contributed by atoms with van der Waals surface area (Å²) in [5, 5.41) is 2.95. The molecule has 28 heavy (non-hydrogen) atoms. The molecule has 1 N–H and O–H groups in total. The van der Waals surface area contributed by atoms with Crippen LogP contribution in [0.1, 0.15) is 41.3 Å². The van der Waals surface area contributed by atoms with Gasteiger partial charge in [-0.1, -0.05) is 24.6 Å². The van der Waals surface area contributed by atoms with Crippen LogP contribution < -0.4 is 5.32 Å². The number of benzene rings is 2. The number of nitrogens with one attached hydrogen (secondary N) is 1. The molecule has 3 rings (SSSR count). The fraction of sp³-hybridized carbons (Fsp3) is 0.381. The highest BCUT2D eigenvalue weighted by Gasteiger charge is 2.30. The summed E-state index contributed by atoms with van der Waals surface area (Å²) >= 11 is 6.20. The Morgan fingerprint density at radius 2 is 1.89 bits per heavy atom. The first-order valence-corrected chi connectivity index (χ1v) is 11.2. The van der Waals surface area contributed by atoms with E-state index in [-0.39, 0.29) is 21.4 Å². The molecular formula is C21H25ClN2O3S. The number of piperidine rings is 1. The minimum atomic E-state index is -3.75. The number of nitrogens with zero attached hydrogens (tertiary/aromatic N) is 1. The van der Waals surface area contributed by atoms with Gasteiger partial charge < -0.3 is 5.32 Å². The number of hydrogen-bond donors (Lipinski definition) is 1. The van der Waals surface area contributed by atoms with Crippen molar-refractivity contribution >= 4 is 33.2 Å². The van der Waals surface area contributed by atoms with Crippen molar-refractivity contribution in [3.63, 3.8) is 0 Å². The molecule has 1 fully saturated rings. The SMILES string of the molecule is Cc1ccc(NC(=O)c2ccc(Cl)c(S(=O)(=O)N3CCC[C@H](C)C3)c2)cc1C. The van der Waals surface area contributed by atoms with Crippen molar-refractivity contribution in [1.82, 2.24) is 4.31 Å². The van der Waals surface area contributed by atoms with Gasteiger partial charge in [-0.05, 0) is 74.1 Å². The normalized spacial score (nSPS) is 18.1. The number of sulfonamides is 1. The third-order valence-corrected chi connectivity index (χ3v) is 7.54. The highest BCUT2D eigenvalue weighted by Crippen LogP contribution is 2.29. The number of carbonyl (C=O) groups is 1. The maximum atomic E-state index is 13.1. The zero-order valence-electron chi connectivity index (χ0n) is 16.3. The summed E-state index contributed by atoms with van der Waals surface area (Å²) in [5.74, 6) is -0.0676. The lowest BCUT2D eigenvalue weighted by Crippen LogP contribution is -2.39. The van der Waals surface area contributed by atoms with Crippen LogP contribution >= 0.6 is 11.6 Å². The second-order valence-corrected chi connectivity index (χ2v) is 9.82. The van der Waals surface area contributed by atoms with Crippen LogP contribution in [0.15, 0.2) is 41.3 Å². The van der Waals surface area contributed by atoms with Crippen LogP contribution in [0.4, 0.5) is 5.69 Å². The molecule has 1 aliphatic rings. The monoisotopic (exact) mass is 420 g/mol. The van der Waals surface area contributed by atoms with E-state index >= 15 is 0 Å². The summed E-state index contributed by atoms with van der Waals surface area (Å²) < 4.78 is 27.6. The smallest absolute Gasteiger partial charge is 0.255 e. The Morgan fingerprint density at radius 1 is 1.14 bits per heavy atom. The largest absolute Gasteiger partial charge is 0.322 e. The molecule has 150 valence electrons. The lowest BCUT2D eigenvalue weighted by atomic mass is 10.0. The van der Waals surface area contributed by atoms with Gasteiger partial charge in [0.1, 0.15) is 4.90 Å². The van der Waals surface area contributed by atoms with Crippen LogP contribution in [0.3, 0.4) is 0 Å². The molecule has 1 heterocycles. The molecule has 0 unspecified atom stereocenters. The van der Waals surface area contributed by atoms with Crippen LogP contribution in [0.25, 0.3) is 0 Å². The van der Waals surface area contributed by atoms with E-state index < -0.39 is 10.0 Å². The topological polar surface area (TPSA) is 66.5 Å². The maximum Gasteiger partial charge on any atom is 0.255 e. The first kappa shape index (κ1) is 20.8. The number of amides is 1. The molecule has 1 aliphatic heterocycles. The predicted octanol–water partition coefficient (Wildman–Crippen LogP) is 4.63. The number of halogens is 1. The predicted molar refractivity (Wildman–Crippen MR) is 112 cm³/mol. The Morgan fingerprint density at radius 3 is 2.57 bits per heavy atom. The number of aryl methyl sites for hydroxylation is 2. The molecule has 0 spiro atoms. The van der Waals surface area contributed by atoms with Crippen LogP contribution in [-0.2, 0) is 10.0 Å². The molecule has 1 saturated heterocycles. The van der Waals surface area contributed by atoms with E-state index in [0.29, 0.717) is 24.7 Å². The Kier molecular flexibility index (Phi) is 6.12. The molecule has 1 amide bonds. The molecule has 0 saturated carbocycles. The van der Waals surface area contributed by atoms with Gasteiger partial charge >= 0.3 is 0 Å². The highest BCUT2D eigenvalue weighted by molar-refractivity contribution is 7.89. The molecule has 1 atom stereocenters. The van der Waals surface area contributed by atoms with E-state index in [1.807, 2.05) is 39.0 Å². The first-order chi connectivity index (χ1) is 13.2. The standard InChI is InChI=1S/C21H25ClN2O3S/c1-14-5-4-10-24(13-14)28(26,27)20-12-17(7-9-19(20)22)21(25)23-18-8-6-15(2)16(3)11-18/h6-9,11-12,14H,4-5,10,13H2,1-3H3,(H,23,25)/t14-/m0/s1. The molecular weight excluding hydrogens is 396 g/mol. The second kappa shape index (κ2) is 8.23. The Hall–Kier alpha value is -1.89. The minimum Gasteiger partial charge on any atom is -0.322 e. The molecule has 0 aromatic heterocycles. The molecule has 0 radical (unpaired) electrons. The Bertz CT molecular complexity index is 1000. The van der Waals surface area contributed by atoms with Crippen molar-refractivity contribution in [2.45, 2.75) is 38.5 Å². The van der Waals surface area contributed by atoms with Crippen LogP contribution in [0.5, 0.6) is 0 Å². The molecule has 0 bridgehead atoms. The molecule has 7 heteroatoms. The van der Waals surface area contributed by atoms with E-state index in [4.69, 9.17) is 11.6 Å². The number of hydrogen-bond acceptors (Lipinski definition) is 3. The van der Waals surface area contributed by atoms with Gasteiger partial charge in [-0.2, -0.15) is 4.31 Å². The Labute approximate surface area is 171 Å². The van der Waals surface area contributed by atoms with Gasteiger partial charge in [0.2, 0.25) is 10.0 Å². The van der Waals surface area contributed by atoms with Crippen LogP contribution in [-0.4, -0.2) is 31.7 Å². The summed E-state index contributed by atoms with van der Waals surface area (Å²) in [7, 11) is -3.75. The summed E-state index contributed by atoms with van der Waals surface area (Å²) in [5.41, 5.74) is 3.12. The zero-order valence-corrected chi connectivity index (χ0v) is 17.9. The van der Waals surface area contributed by atoms with E-state index in [0.717, 1.165) is 24.0 Å². The van der Waals surface area contributed by atoms with Crippen molar-refractivity contribution < 1.29 is 13.2 Å². The first-order valence-electron chi connectivity index (χ1n) is 9.37.